The Labute approximate surface area is 84.0 Å². The molecule has 2 rings (SSSR count). The van der Waals surface area contributed by atoms with Gasteiger partial charge in [-0.05, 0) is 17.7 Å². The standard InChI is InChI=1S/C10H12N2O2.H2/c1-13-9-4-2-8(3-5-9)10-6-14-12-7-11-10;/h2-5,7,10H,6H2,1H3,(H,11,12);1H. The monoisotopic (exact) mass is 194 g/mol. The second kappa shape index (κ2) is 4.11. The van der Waals surface area contributed by atoms with Gasteiger partial charge in [0, 0.05) is 1.43 Å². The van der Waals surface area contributed by atoms with Crippen LogP contribution in [0.15, 0.2) is 29.3 Å². The van der Waals surface area contributed by atoms with Crippen LogP contribution in [0.2, 0.25) is 0 Å². The normalized spacial score (nSPS) is 20.2. The summed E-state index contributed by atoms with van der Waals surface area (Å²) in [7, 11) is 1.65. The van der Waals surface area contributed by atoms with Crippen molar-refractivity contribution in [1.29, 1.82) is 0 Å². The van der Waals surface area contributed by atoms with Crippen LogP contribution in [0.25, 0.3) is 0 Å². The van der Waals surface area contributed by atoms with Gasteiger partial charge in [-0.3, -0.25) is 15.3 Å². The third-order valence-corrected chi connectivity index (χ3v) is 2.13. The Morgan fingerprint density at radius 1 is 1.50 bits per heavy atom. The van der Waals surface area contributed by atoms with E-state index in [1.54, 1.807) is 13.4 Å². The fourth-order valence-electron chi connectivity index (χ4n) is 1.34. The molecule has 0 spiro atoms. The van der Waals surface area contributed by atoms with Gasteiger partial charge in [-0.25, -0.2) is 0 Å². The van der Waals surface area contributed by atoms with E-state index in [1.165, 1.54) is 0 Å². The summed E-state index contributed by atoms with van der Waals surface area (Å²) in [5, 5.41) is 0. The zero-order valence-electron chi connectivity index (χ0n) is 7.93. The average Bonchev–Trinajstić information content (AvgIpc) is 2.30. The van der Waals surface area contributed by atoms with Crippen molar-refractivity contribution in [3.63, 3.8) is 0 Å². The summed E-state index contributed by atoms with van der Waals surface area (Å²) in [5.74, 6) is 0.854. The third kappa shape index (κ3) is 1.85. The molecule has 1 unspecified atom stereocenters. The zero-order chi connectivity index (χ0) is 9.80. The first kappa shape index (κ1) is 9.02. The summed E-state index contributed by atoms with van der Waals surface area (Å²) in [4.78, 5) is 9.32. The van der Waals surface area contributed by atoms with Crippen LogP contribution in [0.5, 0.6) is 5.75 Å². The highest BCUT2D eigenvalue weighted by Crippen LogP contribution is 2.21. The quantitative estimate of drug-likeness (QED) is 0.776. The van der Waals surface area contributed by atoms with E-state index in [0.29, 0.717) is 6.61 Å². The highest BCUT2D eigenvalue weighted by atomic mass is 16.6. The molecule has 76 valence electrons. The molecule has 1 aliphatic heterocycles. The SMILES string of the molecule is COc1ccc(C2CONC=N2)cc1.[HH]. The van der Waals surface area contributed by atoms with Gasteiger partial charge < -0.3 is 4.74 Å². The van der Waals surface area contributed by atoms with Gasteiger partial charge in [0.2, 0.25) is 0 Å². The molecule has 4 nitrogen and oxygen atoms in total. The van der Waals surface area contributed by atoms with Crippen LogP contribution in [-0.2, 0) is 4.84 Å². The summed E-state index contributed by atoms with van der Waals surface area (Å²) < 4.78 is 5.07. The first-order valence-electron chi connectivity index (χ1n) is 4.43. The molecule has 1 aliphatic rings. The molecule has 1 heterocycles. The predicted octanol–water partition coefficient (Wildman–Crippen LogP) is 1.55. The average molecular weight is 194 g/mol. The number of nitrogens with one attached hydrogen (secondary N) is 1. The summed E-state index contributed by atoms with van der Waals surface area (Å²) in [6.45, 7) is 0.558. The van der Waals surface area contributed by atoms with E-state index in [2.05, 4.69) is 10.5 Å². The molecule has 0 radical (unpaired) electrons. The maximum Gasteiger partial charge on any atom is 0.118 e. The van der Waals surface area contributed by atoms with E-state index >= 15 is 0 Å². The molecular formula is C10H14N2O2. The Balaban J connectivity index is 0.00000112. The Hall–Kier alpha value is -1.55. The fraction of sp³-hybridized carbons (Fsp3) is 0.300. The Bertz CT molecular complexity index is 327. The first-order valence-corrected chi connectivity index (χ1v) is 4.43. The summed E-state index contributed by atoms with van der Waals surface area (Å²) >= 11 is 0. The highest BCUT2D eigenvalue weighted by molar-refractivity contribution is 5.54. The van der Waals surface area contributed by atoms with Crippen molar-refractivity contribution >= 4 is 6.34 Å². The van der Waals surface area contributed by atoms with Gasteiger partial charge in [0.15, 0.2) is 0 Å². The second-order valence-electron chi connectivity index (χ2n) is 3.00. The highest BCUT2D eigenvalue weighted by Gasteiger charge is 2.12. The lowest BCUT2D eigenvalue weighted by molar-refractivity contribution is 0.0660. The summed E-state index contributed by atoms with van der Waals surface area (Å²) in [6.07, 6.45) is 1.57. The number of hydrogen-bond acceptors (Lipinski definition) is 4. The molecule has 1 N–H and O–H groups in total. The van der Waals surface area contributed by atoms with E-state index in [1.807, 2.05) is 24.3 Å². The van der Waals surface area contributed by atoms with E-state index in [4.69, 9.17) is 9.57 Å². The number of hydroxylamine groups is 1. The molecule has 0 bridgehead atoms. The Kier molecular flexibility index (Phi) is 2.65. The number of hydrogen-bond donors (Lipinski definition) is 1. The topological polar surface area (TPSA) is 42.9 Å². The molecule has 1 aromatic carbocycles. The molecule has 0 amide bonds. The van der Waals surface area contributed by atoms with Crippen LogP contribution < -0.4 is 10.2 Å². The minimum absolute atomic E-state index is 0. The zero-order valence-corrected chi connectivity index (χ0v) is 7.93. The number of nitrogens with zero attached hydrogens (tertiary/aromatic N) is 1. The molecule has 0 saturated carbocycles. The maximum absolute atomic E-state index is 5.07. The Morgan fingerprint density at radius 2 is 2.29 bits per heavy atom. The molecule has 1 aromatic rings. The lowest BCUT2D eigenvalue weighted by atomic mass is 10.1. The van der Waals surface area contributed by atoms with Gasteiger partial charge in [-0.2, -0.15) is 0 Å². The first-order chi connectivity index (χ1) is 6.90. The lowest BCUT2D eigenvalue weighted by Gasteiger charge is -2.16. The van der Waals surface area contributed by atoms with Crippen molar-refractivity contribution in [3.8, 4) is 5.75 Å². The maximum atomic E-state index is 5.07. The number of benzene rings is 1. The van der Waals surface area contributed by atoms with E-state index in [0.717, 1.165) is 11.3 Å². The largest absolute Gasteiger partial charge is 0.497 e. The number of ether oxygens (including phenoxy) is 1. The molecule has 0 aromatic heterocycles. The van der Waals surface area contributed by atoms with Crippen LogP contribution in [0.3, 0.4) is 0 Å². The van der Waals surface area contributed by atoms with Gasteiger partial charge in [0.25, 0.3) is 0 Å². The van der Waals surface area contributed by atoms with Gasteiger partial charge in [0.1, 0.15) is 24.7 Å². The van der Waals surface area contributed by atoms with Gasteiger partial charge in [-0.1, -0.05) is 12.1 Å². The van der Waals surface area contributed by atoms with Gasteiger partial charge in [0.05, 0.1) is 7.11 Å². The minimum atomic E-state index is 0. The third-order valence-electron chi connectivity index (χ3n) is 2.13. The van der Waals surface area contributed by atoms with Crippen LogP contribution in [0.1, 0.15) is 13.0 Å². The van der Waals surface area contributed by atoms with Crippen LogP contribution in [0, 0.1) is 0 Å². The van der Waals surface area contributed by atoms with E-state index in [9.17, 15) is 0 Å². The van der Waals surface area contributed by atoms with Crippen molar-refractivity contribution in [3.05, 3.63) is 29.8 Å². The van der Waals surface area contributed by atoms with Crippen LogP contribution >= 0.6 is 0 Å². The van der Waals surface area contributed by atoms with Crippen molar-refractivity contribution in [2.24, 2.45) is 4.99 Å². The van der Waals surface area contributed by atoms with Crippen LogP contribution in [-0.4, -0.2) is 20.1 Å². The molecule has 0 saturated heterocycles. The molecule has 0 fully saturated rings. The molecule has 14 heavy (non-hydrogen) atoms. The smallest absolute Gasteiger partial charge is 0.118 e. The molecule has 1 atom stereocenters. The van der Waals surface area contributed by atoms with Gasteiger partial charge >= 0.3 is 0 Å². The van der Waals surface area contributed by atoms with Gasteiger partial charge in [-0.15, -0.1) is 0 Å². The number of methoxy groups -OCH3 is 1. The second-order valence-corrected chi connectivity index (χ2v) is 3.00. The number of aliphatic imine (C=N–C) groups is 1. The van der Waals surface area contributed by atoms with Crippen LogP contribution in [0.4, 0.5) is 0 Å². The summed E-state index contributed by atoms with van der Waals surface area (Å²) in [5.41, 5.74) is 3.72. The fourth-order valence-corrected chi connectivity index (χ4v) is 1.34. The summed E-state index contributed by atoms with van der Waals surface area (Å²) in [6, 6.07) is 7.92. The molecule has 4 heteroatoms. The van der Waals surface area contributed by atoms with E-state index in [-0.39, 0.29) is 7.47 Å². The van der Waals surface area contributed by atoms with Crippen molar-refractivity contribution in [2.45, 2.75) is 6.04 Å². The lowest BCUT2D eigenvalue weighted by Crippen LogP contribution is -2.22. The predicted molar refractivity (Wildman–Crippen MR) is 55.4 cm³/mol. The molecule has 0 aliphatic carbocycles. The van der Waals surface area contributed by atoms with Crippen molar-refractivity contribution in [1.82, 2.24) is 5.48 Å². The number of rotatable bonds is 2. The minimum Gasteiger partial charge on any atom is -0.497 e. The van der Waals surface area contributed by atoms with Crippen molar-refractivity contribution in [2.75, 3.05) is 13.7 Å². The molecular weight excluding hydrogens is 180 g/mol. The Morgan fingerprint density at radius 3 is 2.86 bits per heavy atom. The van der Waals surface area contributed by atoms with E-state index < -0.39 is 0 Å². The van der Waals surface area contributed by atoms with Crippen molar-refractivity contribution < 1.29 is 11.0 Å².